The average molecular weight is 486 g/mol. The molecule has 0 unspecified atom stereocenters. The fraction of sp³-hybridized carbons (Fsp3) is 0.516. The highest BCUT2D eigenvalue weighted by atomic mass is 16.5. The number of nitrogens with zero attached hydrogens (tertiary/aromatic N) is 2. The van der Waals surface area contributed by atoms with Crippen molar-refractivity contribution in [1.29, 1.82) is 0 Å². The molecule has 1 aromatic heterocycles. The monoisotopic (exact) mass is 485 g/mol. The number of aromatic amines is 1. The van der Waals surface area contributed by atoms with Gasteiger partial charge in [-0.05, 0) is 80.0 Å². The lowest BCUT2D eigenvalue weighted by molar-refractivity contribution is 0.0369. The Morgan fingerprint density at radius 2 is 1.83 bits per heavy atom. The van der Waals surface area contributed by atoms with Gasteiger partial charge < -0.3 is 14.6 Å². The third-order valence-electron chi connectivity index (χ3n) is 8.74. The summed E-state index contributed by atoms with van der Waals surface area (Å²) in [6.45, 7) is 5.79. The van der Waals surface area contributed by atoms with Gasteiger partial charge in [-0.25, -0.2) is 0 Å². The molecule has 0 radical (unpaired) electrons. The Hall–Kier alpha value is -2.79. The molecule has 6 rings (SSSR count). The summed E-state index contributed by atoms with van der Waals surface area (Å²) in [5, 5.41) is 1.10. The molecule has 2 aromatic carbocycles. The van der Waals surface area contributed by atoms with Crippen molar-refractivity contribution >= 4 is 16.8 Å². The number of aryl methyl sites for hydroxylation is 1. The van der Waals surface area contributed by atoms with Crippen molar-refractivity contribution in [2.75, 3.05) is 39.3 Å². The maximum Gasteiger partial charge on any atom is 0.255 e. The third kappa shape index (κ3) is 5.17. The van der Waals surface area contributed by atoms with Crippen LogP contribution in [-0.2, 0) is 6.42 Å². The Morgan fingerprint density at radius 1 is 0.972 bits per heavy atom. The number of benzene rings is 2. The van der Waals surface area contributed by atoms with Crippen LogP contribution in [0, 0.1) is 11.3 Å². The van der Waals surface area contributed by atoms with E-state index in [1.807, 2.05) is 24.4 Å². The number of rotatable bonds is 3. The minimum absolute atomic E-state index is 0.172. The van der Waals surface area contributed by atoms with Crippen LogP contribution in [0.4, 0.5) is 0 Å². The maximum absolute atomic E-state index is 13.5. The summed E-state index contributed by atoms with van der Waals surface area (Å²) < 4.78 is 6.30. The molecular weight excluding hydrogens is 446 g/mol. The molecule has 3 heterocycles. The fourth-order valence-corrected chi connectivity index (χ4v) is 6.43. The van der Waals surface area contributed by atoms with Crippen molar-refractivity contribution in [1.82, 2.24) is 14.8 Å². The van der Waals surface area contributed by atoms with Gasteiger partial charge in [-0.2, -0.15) is 0 Å². The predicted octanol–water partition coefficient (Wildman–Crippen LogP) is 5.91. The van der Waals surface area contributed by atoms with Crippen molar-refractivity contribution in [3.63, 3.8) is 0 Å². The first-order valence-corrected chi connectivity index (χ1v) is 14.0. The molecule has 1 aliphatic carbocycles. The van der Waals surface area contributed by atoms with Crippen LogP contribution in [0.2, 0.25) is 0 Å². The number of carbonyl (C=O) groups is 1. The van der Waals surface area contributed by atoms with Gasteiger partial charge in [0.15, 0.2) is 0 Å². The van der Waals surface area contributed by atoms with E-state index in [0.717, 1.165) is 80.2 Å². The molecule has 2 fully saturated rings. The van der Waals surface area contributed by atoms with E-state index in [1.54, 1.807) is 0 Å². The number of aromatic nitrogens is 1. The van der Waals surface area contributed by atoms with Crippen LogP contribution >= 0.6 is 0 Å². The minimum Gasteiger partial charge on any atom is -0.492 e. The van der Waals surface area contributed by atoms with Gasteiger partial charge in [0.2, 0.25) is 0 Å². The number of nitrogens with one attached hydrogen (secondary N) is 1. The van der Waals surface area contributed by atoms with E-state index in [9.17, 15) is 4.79 Å². The standard InChI is InChI=1S/C31H39N3O2/c35-30(27-9-5-8-26-13-17-32-29(26)27)34-18-15-31(16-19-34)14-4-3-7-25-6-1-2-10-28(25)36-21-20-33(23-31)22-24-11-12-24/h1-2,5-6,8-10,13,17,24,32H,3-4,7,11-12,14-16,18-23H2. The van der Waals surface area contributed by atoms with Crippen LogP contribution in [0.25, 0.3) is 10.9 Å². The first kappa shape index (κ1) is 23.6. The van der Waals surface area contributed by atoms with Crippen LogP contribution in [0.5, 0.6) is 5.75 Å². The van der Waals surface area contributed by atoms with Crippen LogP contribution in [-0.4, -0.2) is 60.0 Å². The summed E-state index contributed by atoms with van der Waals surface area (Å²) in [7, 11) is 0. The predicted molar refractivity (Wildman–Crippen MR) is 145 cm³/mol. The second-order valence-corrected chi connectivity index (χ2v) is 11.4. The molecule has 1 amide bonds. The van der Waals surface area contributed by atoms with E-state index in [4.69, 9.17) is 4.74 Å². The second-order valence-electron chi connectivity index (χ2n) is 11.4. The zero-order valence-electron chi connectivity index (χ0n) is 21.4. The first-order chi connectivity index (χ1) is 17.7. The number of fused-ring (bicyclic) bond motifs is 2. The summed E-state index contributed by atoms with van der Waals surface area (Å²) in [6.07, 6.45) is 11.6. The second kappa shape index (κ2) is 10.3. The van der Waals surface area contributed by atoms with E-state index in [1.165, 1.54) is 44.2 Å². The van der Waals surface area contributed by atoms with E-state index in [2.05, 4.69) is 45.1 Å². The summed E-state index contributed by atoms with van der Waals surface area (Å²) in [5.41, 5.74) is 3.41. The van der Waals surface area contributed by atoms with Gasteiger partial charge in [-0.3, -0.25) is 9.69 Å². The van der Waals surface area contributed by atoms with Crippen molar-refractivity contribution in [2.24, 2.45) is 11.3 Å². The molecule has 3 aliphatic rings. The molecule has 36 heavy (non-hydrogen) atoms. The van der Waals surface area contributed by atoms with Gasteiger partial charge in [0.1, 0.15) is 12.4 Å². The number of likely N-dealkylation sites (tertiary alicyclic amines) is 1. The highest BCUT2D eigenvalue weighted by Crippen LogP contribution is 2.40. The maximum atomic E-state index is 13.5. The molecule has 5 nitrogen and oxygen atoms in total. The normalized spacial score (nSPS) is 21.4. The van der Waals surface area contributed by atoms with Crippen molar-refractivity contribution in [2.45, 2.75) is 51.4 Å². The Balaban J connectivity index is 1.17. The topological polar surface area (TPSA) is 48.6 Å². The van der Waals surface area contributed by atoms with Crippen molar-refractivity contribution in [3.05, 3.63) is 65.9 Å². The molecule has 1 spiro atoms. The van der Waals surface area contributed by atoms with E-state index in [-0.39, 0.29) is 5.91 Å². The number of hydrogen-bond donors (Lipinski definition) is 1. The number of H-pyrrole nitrogens is 1. The lowest BCUT2D eigenvalue weighted by Crippen LogP contribution is -2.49. The molecule has 190 valence electrons. The first-order valence-electron chi connectivity index (χ1n) is 14.0. The van der Waals surface area contributed by atoms with Gasteiger partial charge in [0, 0.05) is 44.3 Å². The summed E-state index contributed by atoms with van der Waals surface area (Å²) in [4.78, 5) is 21.6. The van der Waals surface area contributed by atoms with Crippen LogP contribution in [0.3, 0.4) is 0 Å². The SMILES string of the molecule is O=C(c1cccc2cc[nH]c12)N1CCC2(CCCCc3ccccc3OCCN(CC3CC3)C2)CC1. The molecule has 3 aromatic rings. The smallest absolute Gasteiger partial charge is 0.255 e. The van der Waals surface area contributed by atoms with E-state index in [0.29, 0.717) is 5.41 Å². The van der Waals surface area contributed by atoms with Gasteiger partial charge >= 0.3 is 0 Å². The zero-order valence-corrected chi connectivity index (χ0v) is 21.4. The summed E-state index contributed by atoms with van der Waals surface area (Å²) in [5.74, 6) is 2.11. The Bertz CT molecular complexity index is 1190. The van der Waals surface area contributed by atoms with E-state index < -0.39 is 0 Å². The minimum atomic E-state index is 0.172. The largest absolute Gasteiger partial charge is 0.492 e. The number of amides is 1. The lowest BCUT2D eigenvalue weighted by atomic mass is 9.73. The van der Waals surface area contributed by atoms with Gasteiger partial charge in [-0.15, -0.1) is 0 Å². The Morgan fingerprint density at radius 3 is 2.69 bits per heavy atom. The molecule has 5 heteroatoms. The molecule has 2 aliphatic heterocycles. The Kier molecular flexibility index (Phi) is 6.75. The quantitative estimate of drug-likeness (QED) is 0.502. The zero-order chi connectivity index (χ0) is 24.4. The molecule has 1 saturated heterocycles. The molecular formula is C31H39N3O2. The molecule has 0 atom stereocenters. The molecule has 0 bridgehead atoms. The van der Waals surface area contributed by atoms with Crippen molar-refractivity contribution < 1.29 is 9.53 Å². The highest BCUT2D eigenvalue weighted by molar-refractivity contribution is 6.05. The van der Waals surface area contributed by atoms with Gasteiger partial charge in [0.05, 0.1) is 11.1 Å². The van der Waals surface area contributed by atoms with Crippen LogP contribution in [0.1, 0.15) is 60.9 Å². The van der Waals surface area contributed by atoms with Gasteiger partial charge in [0.25, 0.3) is 5.91 Å². The Labute approximate surface area is 214 Å². The number of para-hydroxylation sites is 2. The van der Waals surface area contributed by atoms with Crippen molar-refractivity contribution in [3.8, 4) is 5.75 Å². The fourth-order valence-electron chi connectivity index (χ4n) is 6.43. The highest BCUT2D eigenvalue weighted by Gasteiger charge is 2.38. The van der Waals surface area contributed by atoms with Crippen LogP contribution in [0.15, 0.2) is 54.7 Å². The number of ether oxygens (including phenoxy) is 1. The number of piperidine rings is 1. The lowest BCUT2D eigenvalue weighted by Gasteiger charge is -2.45. The number of hydrogen-bond acceptors (Lipinski definition) is 3. The molecule has 1 saturated carbocycles. The van der Waals surface area contributed by atoms with Crippen LogP contribution < -0.4 is 4.74 Å². The summed E-state index contributed by atoms with van der Waals surface area (Å²) in [6, 6.07) is 16.7. The summed E-state index contributed by atoms with van der Waals surface area (Å²) >= 11 is 0. The van der Waals surface area contributed by atoms with Gasteiger partial charge in [-0.1, -0.05) is 36.8 Å². The third-order valence-corrected chi connectivity index (χ3v) is 8.74. The number of carbonyl (C=O) groups excluding carboxylic acids is 1. The molecule has 1 N–H and O–H groups in total. The average Bonchev–Trinajstić information content (AvgIpc) is 3.58. The van der Waals surface area contributed by atoms with E-state index >= 15 is 0 Å².